The van der Waals surface area contributed by atoms with Crippen molar-refractivity contribution in [1.29, 1.82) is 0 Å². The molecule has 1 aromatic carbocycles. The van der Waals surface area contributed by atoms with Gasteiger partial charge in [0.1, 0.15) is 11.8 Å². The van der Waals surface area contributed by atoms with E-state index in [1.807, 2.05) is 0 Å². The van der Waals surface area contributed by atoms with E-state index in [9.17, 15) is 18.7 Å². The van der Waals surface area contributed by atoms with Gasteiger partial charge in [0.05, 0.1) is 6.61 Å². The number of nitrogens with two attached hydrogens (primary N) is 1. The van der Waals surface area contributed by atoms with Crippen LogP contribution in [-0.4, -0.2) is 23.6 Å². The number of phenols is 1. The Balaban J connectivity index is 0.00000361. The summed E-state index contributed by atoms with van der Waals surface area (Å²) >= 11 is 6.11. The van der Waals surface area contributed by atoms with E-state index in [2.05, 4.69) is 36.6 Å². The Morgan fingerprint density at radius 2 is 2.05 bits per heavy atom. The zero-order valence-corrected chi connectivity index (χ0v) is 14.2. The van der Waals surface area contributed by atoms with Crippen molar-refractivity contribution in [3.63, 3.8) is 0 Å². The molecular formula is C11H12Br2ClF2NO3. The molecule has 0 bridgehead atoms. The second-order valence-electron chi connectivity index (χ2n) is 3.64. The Hall–Kier alpha value is -0.440. The molecule has 0 saturated heterocycles. The number of esters is 1. The summed E-state index contributed by atoms with van der Waals surface area (Å²) in [5, 5.41) is 9.69. The van der Waals surface area contributed by atoms with Crippen LogP contribution >= 0.6 is 44.3 Å². The molecule has 3 N–H and O–H groups in total. The van der Waals surface area contributed by atoms with Crippen LogP contribution in [0.2, 0.25) is 0 Å². The molecule has 0 saturated carbocycles. The van der Waals surface area contributed by atoms with Gasteiger partial charge >= 0.3 is 11.9 Å². The molecule has 20 heavy (non-hydrogen) atoms. The summed E-state index contributed by atoms with van der Waals surface area (Å²) in [6.45, 7) is 1.22. The lowest BCUT2D eigenvalue weighted by Crippen LogP contribution is -2.42. The van der Waals surface area contributed by atoms with E-state index < -0.39 is 23.7 Å². The van der Waals surface area contributed by atoms with Gasteiger partial charge in [-0.1, -0.05) is 31.9 Å². The minimum atomic E-state index is -3.94. The highest BCUT2D eigenvalue weighted by atomic mass is 79.9. The zero-order chi connectivity index (χ0) is 14.8. The fraction of sp³-hybridized carbons (Fsp3) is 0.364. The van der Waals surface area contributed by atoms with Crippen molar-refractivity contribution in [2.24, 2.45) is 5.73 Å². The van der Waals surface area contributed by atoms with Crippen LogP contribution in [0.1, 0.15) is 18.5 Å². The highest BCUT2D eigenvalue weighted by molar-refractivity contribution is 9.11. The van der Waals surface area contributed by atoms with Crippen molar-refractivity contribution in [2.75, 3.05) is 6.61 Å². The van der Waals surface area contributed by atoms with Gasteiger partial charge in [-0.3, -0.25) is 0 Å². The largest absolute Gasteiger partial charge is 0.508 e. The highest BCUT2D eigenvalue weighted by Gasteiger charge is 2.49. The average molecular weight is 439 g/mol. The molecule has 0 spiro atoms. The maximum Gasteiger partial charge on any atom is 0.379 e. The molecule has 0 heterocycles. The van der Waals surface area contributed by atoms with Crippen molar-refractivity contribution in [2.45, 2.75) is 18.9 Å². The molecule has 1 aromatic rings. The minimum absolute atomic E-state index is 0. The number of ether oxygens (including phenoxy) is 1. The minimum Gasteiger partial charge on any atom is -0.508 e. The molecule has 0 unspecified atom stereocenters. The first-order valence-electron chi connectivity index (χ1n) is 5.20. The number of hydrogen-bond donors (Lipinski definition) is 2. The van der Waals surface area contributed by atoms with E-state index in [4.69, 9.17) is 5.73 Å². The van der Waals surface area contributed by atoms with Gasteiger partial charge in [-0.05, 0) is 19.1 Å². The second-order valence-corrected chi connectivity index (χ2v) is 5.41. The van der Waals surface area contributed by atoms with Gasteiger partial charge in [0.25, 0.3) is 0 Å². The van der Waals surface area contributed by atoms with Gasteiger partial charge in [0.2, 0.25) is 0 Å². The fourth-order valence-electron chi connectivity index (χ4n) is 1.41. The third kappa shape index (κ3) is 4.03. The fourth-order valence-corrected chi connectivity index (χ4v) is 2.86. The van der Waals surface area contributed by atoms with Gasteiger partial charge in [-0.15, -0.1) is 12.4 Å². The Labute approximate surface area is 137 Å². The third-order valence-corrected chi connectivity index (χ3v) is 3.44. The van der Waals surface area contributed by atoms with Crippen molar-refractivity contribution in [3.05, 3.63) is 26.6 Å². The lowest BCUT2D eigenvalue weighted by Gasteiger charge is -2.23. The Bertz CT molecular complexity index is 480. The maximum atomic E-state index is 13.8. The van der Waals surface area contributed by atoms with Gasteiger partial charge in [0, 0.05) is 14.5 Å². The topological polar surface area (TPSA) is 72.5 Å². The van der Waals surface area contributed by atoms with Crippen molar-refractivity contribution in [1.82, 2.24) is 0 Å². The van der Waals surface area contributed by atoms with Gasteiger partial charge in [-0.2, -0.15) is 8.78 Å². The summed E-state index contributed by atoms with van der Waals surface area (Å²) in [6, 6.07) is 0.631. The first kappa shape index (κ1) is 19.6. The molecule has 0 amide bonds. The van der Waals surface area contributed by atoms with Crippen LogP contribution in [-0.2, 0) is 9.53 Å². The van der Waals surface area contributed by atoms with E-state index in [-0.39, 0.29) is 29.1 Å². The normalized spacial score (nSPS) is 12.5. The predicted octanol–water partition coefficient (Wildman–Crippen LogP) is 3.54. The SMILES string of the molecule is CCOC(=O)C(F)(F)[C@@H](N)c1c(O)cc(Br)cc1Br.Cl. The Morgan fingerprint density at radius 1 is 1.50 bits per heavy atom. The number of benzene rings is 1. The molecule has 0 aliphatic rings. The molecule has 9 heteroatoms. The van der Waals surface area contributed by atoms with Crippen LogP contribution in [0.25, 0.3) is 0 Å². The second kappa shape index (κ2) is 7.53. The van der Waals surface area contributed by atoms with Gasteiger partial charge in [-0.25, -0.2) is 4.79 Å². The molecule has 0 aliphatic carbocycles. The van der Waals surface area contributed by atoms with E-state index >= 15 is 0 Å². The van der Waals surface area contributed by atoms with Gasteiger partial charge in [0.15, 0.2) is 0 Å². The van der Waals surface area contributed by atoms with Crippen molar-refractivity contribution < 1.29 is 23.4 Å². The standard InChI is InChI=1S/C11H11Br2F2NO3.ClH/c1-2-19-10(18)11(14,15)9(16)8-6(13)3-5(12)4-7(8)17;/h3-4,9,17H,2,16H2,1H3;1H/t9-;/m0./s1. The molecular weight excluding hydrogens is 427 g/mol. The molecule has 0 fully saturated rings. The van der Waals surface area contributed by atoms with E-state index in [0.717, 1.165) is 0 Å². The summed E-state index contributed by atoms with van der Waals surface area (Å²) in [5.74, 6) is -6.11. The molecule has 1 atom stereocenters. The number of carbonyl (C=O) groups is 1. The van der Waals surface area contributed by atoms with Crippen LogP contribution in [0.3, 0.4) is 0 Å². The van der Waals surface area contributed by atoms with E-state index in [1.165, 1.54) is 19.1 Å². The average Bonchev–Trinajstić information content (AvgIpc) is 2.27. The Morgan fingerprint density at radius 3 is 2.50 bits per heavy atom. The summed E-state index contributed by atoms with van der Waals surface area (Å²) < 4.78 is 32.5. The smallest absolute Gasteiger partial charge is 0.379 e. The Kier molecular flexibility index (Phi) is 7.37. The number of hydrogen-bond acceptors (Lipinski definition) is 4. The highest BCUT2D eigenvalue weighted by Crippen LogP contribution is 2.40. The number of halogens is 5. The number of aromatic hydroxyl groups is 1. The lowest BCUT2D eigenvalue weighted by atomic mass is 10.0. The molecule has 0 aliphatic heterocycles. The molecule has 0 aromatic heterocycles. The van der Waals surface area contributed by atoms with Crippen molar-refractivity contribution >= 4 is 50.2 Å². The lowest BCUT2D eigenvalue weighted by molar-refractivity contribution is -0.174. The third-order valence-electron chi connectivity index (χ3n) is 2.32. The van der Waals surface area contributed by atoms with Crippen LogP contribution in [0, 0.1) is 0 Å². The number of alkyl halides is 2. The van der Waals surface area contributed by atoms with E-state index in [1.54, 1.807) is 0 Å². The van der Waals surface area contributed by atoms with Crippen LogP contribution in [0.15, 0.2) is 21.1 Å². The monoisotopic (exact) mass is 437 g/mol. The maximum absolute atomic E-state index is 13.8. The summed E-state index contributed by atoms with van der Waals surface area (Å²) in [4.78, 5) is 11.2. The number of phenolic OH excluding ortho intramolecular Hbond substituents is 1. The quantitative estimate of drug-likeness (QED) is 0.704. The molecule has 114 valence electrons. The number of rotatable bonds is 4. The first-order valence-corrected chi connectivity index (χ1v) is 6.78. The summed E-state index contributed by atoms with van der Waals surface area (Å²) in [7, 11) is 0. The van der Waals surface area contributed by atoms with Crippen LogP contribution in [0.5, 0.6) is 5.75 Å². The summed E-state index contributed by atoms with van der Waals surface area (Å²) in [6.07, 6.45) is 0. The van der Waals surface area contributed by atoms with Crippen LogP contribution < -0.4 is 5.73 Å². The van der Waals surface area contributed by atoms with E-state index in [0.29, 0.717) is 4.47 Å². The van der Waals surface area contributed by atoms with Crippen LogP contribution in [0.4, 0.5) is 8.78 Å². The van der Waals surface area contributed by atoms with Crippen molar-refractivity contribution in [3.8, 4) is 5.75 Å². The molecule has 1 rings (SSSR count). The first-order chi connectivity index (χ1) is 8.71. The molecule has 4 nitrogen and oxygen atoms in total. The summed E-state index contributed by atoms with van der Waals surface area (Å²) in [5.41, 5.74) is 5.14. The van der Waals surface area contributed by atoms with Gasteiger partial charge < -0.3 is 15.6 Å². The zero-order valence-electron chi connectivity index (χ0n) is 10.2. The predicted molar refractivity (Wildman–Crippen MR) is 79.3 cm³/mol. The number of carbonyl (C=O) groups excluding carboxylic acids is 1. The molecule has 0 radical (unpaired) electrons.